The number of halogens is 1. The molecule has 0 fully saturated rings. The molecule has 1 N–H and O–H groups in total. The quantitative estimate of drug-likeness (QED) is 0.813. The van der Waals surface area contributed by atoms with Crippen LogP contribution in [-0.4, -0.2) is 19.7 Å². The number of rotatable bonds is 6. The lowest BCUT2D eigenvalue weighted by atomic mass is 10.2. The molecule has 0 heterocycles. The van der Waals surface area contributed by atoms with Crippen molar-refractivity contribution in [3.63, 3.8) is 0 Å². The number of hydrogen-bond acceptors (Lipinski definition) is 3. The molecule has 23 heavy (non-hydrogen) atoms. The molecule has 0 atom stereocenters. The second-order valence-electron chi connectivity index (χ2n) is 4.74. The van der Waals surface area contributed by atoms with Gasteiger partial charge in [0.15, 0.2) is 0 Å². The van der Waals surface area contributed by atoms with E-state index in [1.165, 1.54) is 0 Å². The molecule has 2 rings (SSSR count). The third-order valence-electron chi connectivity index (χ3n) is 3.06. The Balaban J connectivity index is 1.74. The van der Waals surface area contributed by atoms with E-state index >= 15 is 0 Å². The van der Waals surface area contributed by atoms with Gasteiger partial charge in [-0.2, -0.15) is 0 Å². The van der Waals surface area contributed by atoms with Gasteiger partial charge in [0.1, 0.15) is 12.4 Å². The Morgan fingerprint density at radius 3 is 2.74 bits per heavy atom. The molecule has 0 spiro atoms. The summed E-state index contributed by atoms with van der Waals surface area (Å²) in [7, 11) is 1.62. The summed E-state index contributed by atoms with van der Waals surface area (Å²) in [6.07, 6.45) is 3.32. The highest BCUT2D eigenvalue weighted by atomic mass is 79.9. The van der Waals surface area contributed by atoms with E-state index in [9.17, 15) is 4.79 Å². The van der Waals surface area contributed by atoms with Crippen LogP contribution in [0.3, 0.4) is 0 Å². The van der Waals surface area contributed by atoms with Gasteiger partial charge in [0.2, 0.25) is 0 Å². The van der Waals surface area contributed by atoms with Crippen LogP contribution in [-0.2, 0) is 11.3 Å². The fraction of sp³-hybridized carbons (Fsp3) is 0.167. The number of benzene rings is 2. The first-order valence-corrected chi connectivity index (χ1v) is 7.93. The van der Waals surface area contributed by atoms with E-state index in [0.717, 1.165) is 21.3 Å². The molecule has 2 aromatic carbocycles. The summed E-state index contributed by atoms with van der Waals surface area (Å²) < 4.78 is 11.3. The van der Waals surface area contributed by atoms with Gasteiger partial charge < -0.3 is 14.8 Å². The van der Waals surface area contributed by atoms with Crippen LogP contribution in [0.4, 0.5) is 4.79 Å². The van der Waals surface area contributed by atoms with Crippen LogP contribution in [0.25, 0.3) is 6.08 Å². The highest BCUT2D eigenvalue weighted by Crippen LogP contribution is 2.25. The van der Waals surface area contributed by atoms with Crippen molar-refractivity contribution in [2.75, 3.05) is 13.7 Å². The number of ether oxygens (including phenoxy) is 2. The molecule has 0 unspecified atom stereocenters. The first-order chi connectivity index (χ1) is 11.2. The van der Waals surface area contributed by atoms with Gasteiger partial charge in [0.05, 0.1) is 11.6 Å². The fourth-order valence-corrected chi connectivity index (χ4v) is 2.30. The molecular formula is C18H18BrNO3. The van der Waals surface area contributed by atoms with Crippen LogP contribution in [0.2, 0.25) is 0 Å². The number of nitrogens with one attached hydrogen (secondary N) is 1. The molecule has 0 aromatic heterocycles. The van der Waals surface area contributed by atoms with Crippen LogP contribution < -0.4 is 10.1 Å². The molecule has 0 saturated carbocycles. The number of carbonyl (C=O) groups excluding carboxylic acids is 1. The predicted molar refractivity (Wildman–Crippen MR) is 94.4 cm³/mol. The maximum Gasteiger partial charge on any atom is 0.407 e. The van der Waals surface area contributed by atoms with Crippen molar-refractivity contribution >= 4 is 28.1 Å². The summed E-state index contributed by atoms with van der Waals surface area (Å²) in [6, 6.07) is 15.3. The molecule has 0 aliphatic carbocycles. The molecular weight excluding hydrogens is 358 g/mol. The van der Waals surface area contributed by atoms with Crippen molar-refractivity contribution in [3.8, 4) is 5.75 Å². The Hall–Kier alpha value is -2.27. The van der Waals surface area contributed by atoms with Gasteiger partial charge in [-0.1, -0.05) is 48.6 Å². The van der Waals surface area contributed by atoms with E-state index in [-0.39, 0.29) is 6.61 Å². The molecule has 0 bridgehead atoms. The average Bonchev–Trinajstić information content (AvgIpc) is 2.59. The zero-order valence-electron chi connectivity index (χ0n) is 12.8. The molecule has 4 nitrogen and oxygen atoms in total. The van der Waals surface area contributed by atoms with Crippen LogP contribution in [0, 0.1) is 0 Å². The van der Waals surface area contributed by atoms with Crippen LogP contribution in [0.1, 0.15) is 11.1 Å². The summed E-state index contributed by atoms with van der Waals surface area (Å²) in [6.45, 7) is 0.659. The van der Waals surface area contributed by atoms with Crippen LogP contribution in [0.15, 0.2) is 59.1 Å². The lowest BCUT2D eigenvalue weighted by Gasteiger charge is -2.05. The van der Waals surface area contributed by atoms with E-state index in [0.29, 0.717) is 6.54 Å². The normalized spacial score (nSPS) is 10.5. The van der Waals surface area contributed by atoms with E-state index in [1.807, 2.05) is 60.7 Å². The lowest BCUT2D eigenvalue weighted by molar-refractivity contribution is 0.141. The Morgan fingerprint density at radius 1 is 1.22 bits per heavy atom. The SMILES string of the molecule is COc1cc(C=CCNC(=O)OCc2ccccc2)ccc1Br. The Labute approximate surface area is 144 Å². The van der Waals surface area contributed by atoms with Gasteiger partial charge >= 0.3 is 6.09 Å². The van der Waals surface area contributed by atoms with Crippen molar-refractivity contribution < 1.29 is 14.3 Å². The van der Waals surface area contributed by atoms with Gasteiger partial charge in [-0.25, -0.2) is 4.79 Å². The monoisotopic (exact) mass is 375 g/mol. The summed E-state index contributed by atoms with van der Waals surface area (Å²) in [5, 5.41) is 2.67. The molecule has 5 heteroatoms. The van der Waals surface area contributed by atoms with Gasteiger partial charge in [-0.15, -0.1) is 0 Å². The average molecular weight is 376 g/mol. The largest absolute Gasteiger partial charge is 0.496 e. The minimum absolute atomic E-state index is 0.264. The topological polar surface area (TPSA) is 47.6 Å². The second kappa shape index (κ2) is 9.00. The van der Waals surface area contributed by atoms with Gasteiger partial charge in [-0.3, -0.25) is 0 Å². The maximum absolute atomic E-state index is 11.6. The highest BCUT2D eigenvalue weighted by Gasteiger charge is 2.01. The lowest BCUT2D eigenvalue weighted by Crippen LogP contribution is -2.24. The molecule has 0 saturated heterocycles. The van der Waals surface area contributed by atoms with Gasteiger partial charge in [0, 0.05) is 6.54 Å². The second-order valence-corrected chi connectivity index (χ2v) is 5.59. The van der Waals surface area contributed by atoms with Crippen molar-refractivity contribution in [3.05, 3.63) is 70.2 Å². The van der Waals surface area contributed by atoms with Crippen molar-refractivity contribution in [1.82, 2.24) is 5.32 Å². The van der Waals surface area contributed by atoms with Crippen LogP contribution in [0.5, 0.6) is 5.75 Å². The number of amides is 1. The standard InChI is InChI=1S/C18H18BrNO3/c1-22-17-12-14(9-10-16(17)19)8-5-11-20-18(21)23-13-15-6-3-2-4-7-15/h2-10,12H,11,13H2,1H3,(H,20,21). The van der Waals surface area contributed by atoms with Crippen molar-refractivity contribution in [1.29, 1.82) is 0 Å². The van der Waals surface area contributed by atoms with Crippen LogP contribution >= 0.6 is 15.9 Å². The molecule has 2 aromatic rings. The molecule has 0 aliphatic heterocycles. The molecule has 120 valence electrons. The molecule has 0 radical (unpaired) electrons. The first kappa shape index (κ1) is 17.1. The fourth-order valence-electron chi connectivity index (χ4n) is 1.89. The summed E-state index contributed by atoms with van der Waals surface area (Å²) >= 11 is 3.41. The smallest absolute Gasteiger partial charge is 0.407 e. The number of hydrogen-bond donors (Lipinski definition) is 1. The van der Waals surface area contributed by atoms with Gasteiger partial charge in [-0.05, 0) is 39.2 Å². The third kappa shape index (κ3) is 5.79. The van der Waals surface area contributed by atoms with E-state index in [2.05, 4.69) is 21.2 Å². The first-order valence-electron chi connectivity index (χ1n) is 7.13. The highest BCUT2D eigenvalue weighted by molar-refractivity contribution is 9.10. The summed E-state index contributed by atoms with van der Waals surface area (Å²) in [5.74, 6) is 0.766. The van der Waals surface area contributed by atoms with E-state index in [1.54, 1.807) is 7.11 Å². The predicted octanol–water partition coefficient (Wildman–Crippen LogP) is 4.40. The van der Waals surface area contributed by atoms with Crippen molar-refractivity contribution in [2.24, 2.45) is 0 Å². The minimum Gasteiger partial charge on any atom is -0.496 e. The summed E-state index contributed by atoms with van der Waals surface area (Å²) in [4.78, 5) is 11.6. The van der Waals surface area contributed by atoms with E-state index < -0.39 is 6.09 Å². The maximum atomic E-state index is 11.6. The van der Waals surface area contributed by atoms with Gasteiger partial charge in [0.25, 0.3) is 0 Å². The number of carbonyl (C=O) groups is 1. The zero-order chi connectivity index (χ0) is 16.5. The Morgan fingerprint density at radius 2 is 2.00 bits per heavy atom. The minimum atomic E-state index is -0.438. The van der Waals surface area contributed by atoms with Crippen molar-refractivity contribution in [2.45, 2.75) is 6.61 Å². The zero-order valence-corrected chi connectivity index (χ0v) is 14.4. The third-order valence-corrected chi connectivity index (χ3v) is 3.72. The number of alkyl carbamates (subject to hydrolysis) is 1. The molecule has 1 amide bonds. The Bertz CT molecular complexity index is 671. The number of methoxy groups -OCH3 is 1. The molecule has 0 aliphatic rings. The Kier molecular flexibility index (Phi) is 6.69. The summed E-state index contributed by atoms with van der Waals surface area (Å²) in [5.41, 5.74) is 1.95. The van der Waals surface area contributed by atoms with E-state index in [4.69, 9.17) is 9.47 Å².